The highest BCUT2D eigenvalue weighted by Gasteiger charge is 2.26. The molecule has 1 aliphatic heterocycles. The molecule has 0 aliphatic carbocycles. The highest BCUT2D eigenvalue weighted by Crippen LogP contribution is 2.24. The number of nitriles is 1. The van der Waals surface area contributed by atoms with Crippen molar-refractivity contribution in [3.8, 4) is 6.07 Å². The first-order valence-corrected chi connectivity index (χ1v) is 10.6. The fraction of sp³-hybridized carbons (Fsp3) is 0.353. The van der Waals surface area contributed by atoms with Gasteiger partial charge in [-0.2, -0.15) is 17.0 Å². The van der Waals surface area contributed by atoms with E-state index in [1.807, 2.05) is 30.0 Å². The molecule has 6 nitrogen and oxygen atoms in total. The largest absolute Gasteiger partial charge is 0.468 e. The smallest absolute Gasteiger partial charge is 0.240 e. The molecule has 1 saturated heterocycles. The van der Waals surface area contributed by atoms with Crippen molar-refractivity contribution >= 4 is 21.8 Å². The lowest BCUT2D eigenvalue weighted by molar-refractivity contribution is 0.193. The second-order valence-corrected chi connectivity index (χ2v) is 8.66. The molecular formula is C17H19N3O3S2. The number of furan rings is 1. The third kappa shape index (κ3) is 4.44. The van der Waals surface area contributed by atoms with E-state index in [1.54, 1.807) is 6.26 Å². The van der Waals surface area contributed by atoms with Crippen molar-refractivity contribution in [1.82, 2.24) is 9.62 Å². The Morgan fingerprint density at radius 2 is 1.96 bits per heavy atom. The van der Waals surface area contributed by atoms with Crippen molar-refractivity contribution in [3.63, 3.8) is 0 Å². The van der Waals surface area contributed by atoms with E-state index in [9.17, 15) is 8.42 Å². The average Bonchev–Trinajstić information content (AvgIpc) is 3.17. The lowest BCUT2D eigenvalue weighted by atomic mass is 10.2. The second kappa shape index (κ2) is 8.06. The van der Waals surface area contributed by atoms with Gasteiger partial charge in [-0.15, -0.1) is 0 Å². The van der Waals surface area contributed by atoms with Gasteiger partial charge in [0.1, 0.15) is 5.76 Å². The van der Waals surface area contributed by atoms with Crippen molar-refractivity contribution in [1.29, 1.82) is 5.26 Å². The minimum absolute atomic E-state index is 0.135. The highest BCUT2D eigenvalue weighted by molar-refractivity contribution is 7.99. The second-order valence-electron chi connectivity index (χ2n) is 5.67. The normalized spacial score (nSPS) is 17.1. The van der Waals surface area contributed by atoms with Crippen LogP contribution in [-0.4, -0.2) is 44.5 Å². The Kier molecular flexibility index (Phi) is 5.81. The number of nitrogens with zero attached hydrogens (tertiary/aromatic N) is 2. The fourth-order valence-electron chi connectivity index (χ4n) is 2.76. The van der Waals surface area contributed by atoms with Crippen LogP contribution in [0.5, 0.6) is 0 Å². The third-order valence-electron chi connectivity index (χ3n) is 4.12. The Balaban J connectivity index is 1.74. The summed E-state index contributed by atoms with van der Waals surface area (Å²) in [5.41, 5.74) is 0.429. The number of hydrogen-bond donors (Lipinski definition) is 1. The van der Waals surface area contributed by atoms with Crippen LogP contribution < -0.4 is 4.72 Å². The molecule has 1 aromatic carbocycles. The van der Waals surface area contributed by atoms with Gasteiger partial charge in [-0.25, -0.2) is 13.1 Å². The Hall–Kier alpha value is -1.79. The summed E-state index contributed by atoms with van der Waals surface area (Å²) in [6.45, 7) is 2.03. The summed E-state index contributed by atoms with van der Waals surface area (Å²) in [4.78, 5) is 2.40. The van der Waals surface area contributed by atoms with Crippen LogP contribution in [0.1, 0.15) is 17.4 Å². The molecule has 0 radical (unpaired) electrons. The van der Waals surface area contributed by atoms with E-state index < -0.39 is 10.0 Å². The molecule has 1 aliphatic rings. The van der Waals surface area contributed by atoms with E-state index in [-0.39, 0.29) is 17.5 Å². The maximum atomic E-state index is 12.5. The summed E-state index contributed by atoms with van der Waals surface area (Å²) in [5, 5.41) is 8.82. The van der Waals surface area contributed by atoms with E-state index >= 15 is 0 Å². The van der Waals surface area contributed by atoms with Gasteiger partial charge >= 0.3 is 0 Å². The van der Waals surface area contributed by atoms with Gasteiger partial charge in [0.2, 0.25) is 10.0 Å². The average molecular weight is 377 g/mol. The van der Waals surface area contributed by atoms with Crippen LogP contribution >= 0.6 is 11.8 Å². The van der Waals surface area contributed by atoms with Gasteiger partial charge in [-0.1, -0.05) is 0 Å². The SMILES string of the molecule is N#Cc1ccc(S(=O)(=O)NC[C@H](c2ccco2)N2CCSCC2)cc1. The molecule has 0 spiro atoms. The van der Waals surface area contributed by atoms with Crippen LogP contribution in [0.15, 0.2) is 52.0 Å². The van der Waals surface area contributed by atoms with Crippen molar-refractivity contribution < 1.29 is 12.8 Å². The summed E-state index contributed by atoms with van der Waals surface area (Å²) < 4.78 is 33.3. The summed E-state index contributed by atoms with van der Waals surface area (Å²) >= 11 is 1.90. The molecular weight excluding hydrogens is 358 g/mol. The zero-order valence-electron chi connectivity index (χ0n) is 13.6. The van der Waals surface area contributed by atoms with Crippen LogP contribution in [0.3, 0.4) is 0 Å². The minimum Gasteiger partial charge on any atom is -0.468 e. The van der Waals surface area contributed by atoms with E-state index in [0.29, 0.717) is 5.56 Å². The van der Waals surface area contributed by atoms with E-state index in [0.717, 1.165) is 30.4 Å². The molecule has 1 N–H and O–H groups in total. The van der Waals surface area contributed by atoms with Crippen LogP contribution in [-0.2, 0) is 10.0 Å². The van der Waals surface area contributed by atoms with Gasteiger partial charge in [0.05, 0.1) is 28.8 Å². The summed E-state index contributed by atoms with van der Waals surface area (Å²) in [6, 6.07) is 11.4. The summed E-state index contributed by atoms with van der Waals surface area (Å²) in [6.07, 6.45) is 1.61. The Bertz CT molecular complexity index is 821. The number of benzene rings is 1. The predicted molar refractivity (Wildman–Crippen MR) is 96.7 cm³/mol. The molecule has 2 heterocycles. The first-order valence-electron chi connectivity index (χ1n) is 7.95. The first-order chi connectivity index (χ1) is 12.1. The Morgan fingerprint density at radius 3 is 2.56 bits per heavy atom. The van der Waals surface area contributed by atoms with Crippen LogP contribution in [0.2, 0.25) is 0 Å². The third-order valence-corrected chi connectivity index (χ3v) is 6.50. The van der Waals surface area contributed by atoms with E-state index in [4.69, 9.17) is 9.68 Å². The van der Waals surface area contributed by atoms with Gasteiger partial charge < -0.3 is 4.42 Å². The zero-order chi connectivity index (χ0) is 17.7. The number of hydrogen-bond acceptors (Lipinski definition) is 6. The number of rotatable bonds is 6. The van der Waals surface area contributed by atoms with E-state index in [1.165, 1.54) is 24.3 Å². The molecule has 132 valence electrons. The molecule has 0 amide bonds. The topological polar surface area (TPSA) is 86.3 Å². The van der Waals surface area contributed by atoms with Crippen LogP contribution in [0.25, 0.3) is 0 Å². The summed E-state index contributed by atoms with van der Waals surface area (Å²) in [5.74, 6) is 2.81. The maximum Gasteiger partial charge on any atom is 0.240 e. The minimum atomic E-state index is -3.64. The lowest BCUT2D eigenvalue weighted by Crippen LogP contribution is -2.41. The van der Waals surface area contributed by atoms with Gasteiger partial charge in [-0.3, -0.25) is 4.90 Å². The zero-order valence-corrected chi connectivity index (χ0v) is 15.2. The standard InChI is InChI=1S/C17H19N3O3S2/c18-12-14-3-5-15(6-4-14)25(21,22)19-13-16(17-2-1-9-23-17)20-7-10-24-11-8-20/h1-6,9,16,19H,7-8,10-11,13H2/t16-/m1/s1. The molecule has 25 heavy (non-hydrogen) atoms. The van der Waals surface area contributed by atoms with Gasteiger partial charge in [0, 0.05) is 31.1 Å². The monoisotopic (exact) mass is 377 g/mol. The van der Waals surface area contributed by atoms with Crippen molar-refractivity contribution in [2.24, 2.45) is 0 Å². The first kappa shape index (κ1) is 18.0. The molecule has 8 heteroatoms. The van der Waals surface area contributed by atoms with Gasteiger partial charge in [0.15, 0.2) is 0 Å². The fourth-order valence-corrected chi connectivity index (χ4v) is 4.73. The quantitative estimate of drug-likeness (QED) is 0.831. The van der Waals surface area contributed by atoms with Crippen LogP contribution in [0.4, 0.5) is 0 Å². The van der Waals surface area contributed by atoms with Gasteiger partial charge in [-0.05, 0) is 36.4 Å². The van der Waals surface area contributed by atoms with Crippen LogP contribution in [0, 0.1) is 11.3 Å². The molecule has 1 fully saturated rings. The molecule has 0 unspecified atom stereocenters. The molecule has 0 saturated carbocycles. The lowest BCUT2D eigenvalue weighted by Gasteiger charge is -2.33. The van der Waals surface area contributed by atoms with Crippen molar-refractivity contribution in [2.45, 2.75) is 10.9 Å². The number of sulfonamides is 1. The van der Waals surface area contributed by atoms with E-state index in [2.05, 4.69) is 9.62 Å². The highest BCUT2D eigenvalue weighted by atomic mass is 32.2. The Morgan fingerprint density at radius 1 is 1.24 bits per heavy atom. The predicted octanol–water partition coefficient (Wildman–Crippen LogP) is 2.22. The molecule has 1 aromatic heterocycles. The molecule has 2 aromatic rings. The number of thioether (sulfide) groups is 1. The Labute approximate surface area is 151 Å². The maximum absolute atomic E-state index is 12.5. The summed E-state index contributed by atoms with van der Waals surface area (Å²) in [7, 11) is -3.64. The molecule has 3 rings (SSSR count). The van der Waals surface area contributed by atoms with Crippen molar-refractivity contribution in [3.05, 3.63) is 54.0 Å². The van der Waals surface area contributed by atoms with Gasteiger partial charge in [0.25, 0.3) is 0 Å². The molecule has 1 atom stereocenters. The number of nitrogens with one attached hydrogen (secondary N) is 1. The van der Waals surface area contributed by atoms with Crippen molar-refractivity contribution in [2.75, 3.05) is 31.1 Å². The molecule has 0 bridgehead atoms.